The molecule has 19 heavy (non-hydrogen) atoms. The minimum absolute atomic E-state index is 0.118. The number of hydrogen-bond acceptors (Lipinski definition) is 6. The fourth-order valence-corrected chi connectivity index (χ4v) is 1.26. The van der Waals surface area contributed by atoms with E-state index in [1.165, 1.54) is 12.1 Å². The van der Waals surface area contributed by atoms with Gasteiger partial charge in [0.1, 0.15) is 11.1 Å². The van der Waals surface area contributed by atoms with Crippen molar-refractivity contribution in [2.24, 2.45) is 5.16 Å². The van der Waals surface area contributed by atoms with E-state index in [-0.39, 0.29) is 5.76 Å². The van der Waals surface area contributed by atoms with Crippen LogP contribution in [0.2, 0.25) is 0 Å². The first-order valence-electron chi connectivity index (χ1n) is 5.21. The zero-order valence-electron chi connectivity index (χ0n) is 9.55. The van der Waals surface area contributed by atoms with Crippen molar-refractivity contribution in [3.63, 3.8) is 0 Å². The van der Waals surface area contributed by atoms with Gasteiger partial charge in [-0.25, -0.2) is 4.79 Å². The summed E-state index contributed by atoms with van der Waals surface area (Å²) in [4.78, 5) is 25.8. The Bertz CT molecular complexity index is 618. The molecule has 0 aliphatic heterocycles. The Balaban J connectivity index is 1.96. The average Bonchev–Trinajstić information content (AvgIpc) is 2.89. The largest absolute Gasteiger partial charge is 0.433 e. The van der Waals surface area contributed by atoms with E-state index in [4.69, 9.17) is 4.42 Å². The van der Waals surface area contributed by atoms with Crippen LogP contribution >= 0.6 is 0 Å². The Kier molecular flexibility index (Phi) is 3.67. The van der Waals surface area contributed by atoms with Gasteiger partial charge < -0.3 is 9.25 Å². The molecule has 2 rings (SSSR count). The van der Waals surface area contributed by atoms with Crippen molar-refractivity contribution in [1.82, 2.24) is 0 Å². The van der Waals surface area contributed by atoms with Crippen LogP contribution in [0.3, 0.4) is 0 Å². The fourth-order valence-electron chi connectivity index (χ4n) is 1.26. The van der Waals surface area contributed by atoms with Crippen LogP contribution in [0.15, 0.2) is 52.0 Å². The van der Waals surface area contributed by atoms with E-state index in [1.807, 2.05) is 0 Å². The second-order valence-corrected chi connectivity index (χ2v) is 3.41. The Morgan fingerprint density at radius 1 is 1.26 bits per heavy atom. The third-order valence-corrected chi connectivity index (χ3v) is 2.12. The summed E-state index contributed by atoms with van der Waals surface area (Å²) >= 11 is 0. The van der Waals surface area contributed by atoms with Crippen molar-refractivity contribution in [2.75, 3.05) is 0 Å². The van der Waals surface area contributed by atoms with E-state index >= 15 is 0 Å². The molecular formula is C12H8N2O5. The molecule has 0 radical (unpaired) electrons. The molecule has 2 aromatic rings. The Morgan fingerprint density at radius 2 is 2.00 bits per heavy atom. The van der Waals surface area contributed by atoms with Crippen LogP contribution in [0.4, 0.5) is 5.88 Å². The average molecular weight is 260 g/mol. The monoisotopic (exact) mass is 260 g/mol. The van der Waals surface area contributed by atoms with E-state index < -0.39 is 16.8 Å². The molecule has 0 atom stereocenters. The van der Waals surface area contributed by atoms with Crippen LogP contribution in [0.25, 0.3) is 0 Å². The number of benzene rings is 1. The molecule has 7 nitrogen and oxygen atoms in total. The zero-order valence-corrected chi connectivity index (χ0v) is 9.55. The van der Waals surface area contributed by atoms with Gasteiger partial charge in [0, 0.05) is 0 Å². The first kappa shape index (κ1) is 12.5. The van der Waals surface area contributed by atoms with Crippen LogP contribution < -0.4 is 0 Å². The lowest BCUT2D eigenvalue weighted by Crippen LogP contribution is -2.00. The summed E-state index contributed by atoms with van der Waals surface area (Å²) in [5, 5.41) is 13.8. The molecule has 0 bridgehead atoms. The molecule has 0 aliphatic rings. The maximum Gasteiger partial charge on any atom is 0.433 e. The molecule has 0 fully saturated rings. The highest BCUT2D eigenvalue weighted by atomic mass is 16.7. The van der Waals surface area contributed by atoms with Crippen molar-refractivity contribution in [3.8, 4) is 0 Å². The fraction of sp³-hybridized carbons (Fsp3) is 0. The van der Waals surface area contributed by atoms with Crippen molar-refractivity contribution >= 4 is 18.1 Å². The highest BCUT2D eigenvalue weighted by Gasteiger charge is 2.10. The molecule has 1 aromatic carbocycles. The number of hydrogen-bond donors (Lipinski definition) is 0. The van der Waals surface area contributed by atoms with Crippen LogP contribution in [0.1, 0.15) is 16.1 Å². The molecule has 0 unspecified atom stereocenters. The number of nitrogens with zero attached hydrogens (tertiary/aromatic N) is 2. The van der Waals surface area contributed by atoms with Crippen molar-refractivity contribution in [3.05, 3.63) is 63.9 Å². The minimum atomic E-state index is -0.673. The smallest absolute Gasteiger partial charge is 0.400 e. The topological polar surface area (TPSA) is 94.9 Å². The summed E-state index contributed by atoms with van der Waals surface area (Å²) in [7, 11) is 0. The Morgan fingerprint density at radius 3 is 2.63 bits per heavy atom. The number of furan rings is 1. The van der Waals surface area contributed by atoms with Crippen LogP contribution in [0, 0.1) is 10.1 Å². The molecule has 0 saturated carbocycles. The van der Waals surface area contributed by atoms with Crippen LogP contribution in [-0.2, 0) is 4.84 Å². The van der Waals surface area contributed by atoms with Gasteiger partial charge in [0.05, 0.1) is 11.6 Å². The summed E-state index contributed by atoms with van der Waals surface area (Å²) < 4.78 is 4.79. The van der Waals surface area contributed by atoms with Gasteiger partial charge in [0.2, 0.25) is 0 Å². The zero-order chi connectivity index (χ0) is 13.7. The maximum absolute atomic E-state index is 11.5. The molecule has 1 aromatic heterocycles. The van der Waals surface area contributed by atoms with Crippen LogP contribution in [0.5, 0.6) is 0 Å². The quantitative estimate of drug-likeness (QED) is 0.364. The SMILES string of the molecule is O=C(O/N=C/c1ccc([N+](=O)[O-])o1)c1ccccc1. The van der Waals surface area contributed by atoms with E-state index in [1.54, 1.807) is 30.3 Å². The highest BCUT2D eigenvalue weighted by Crippen LogP contribution is 2.13. The van der Waals surface area contributed by atoms with E-state index in [9.17, 15) is 14.9 Å². The van der Waals surface area contributed by atoms with Gasteiger partial charge in [0.15, 0.2) is 5.76 Å². The predicted octanol–water partition coefficient (Wildman–Crippen LogP) is 2.38. The lowest BCUT2D eigenvalue weighted by molar-refractivity contribution is -0.402. The Hall–Kier alpha value is -2.96. The summed E-state index contributed by atoms with van der Waals surface area (Å²) in [6, 6.07) is 10.8. The standard InChI is InChI=1S/C12H8N2O5/c15-12(9-4-2-1-3-5-9)19-13-8-10-6-7-11(18-10)14(16)17/h1-8H/b13-8+. The first-order chi connectivity index (χ1) is 9.16. The van der Waals surface area contributed by atoms with E-state index in [2.05, 4.69) is 9.99 Å². The summed E-state index contributed by atoms with van der Waals surface area (Å²) in [5.74, 6) is -0.915. The minimum Gasteiger partial charge on any atom is -0.400 e. The van der Waals surface area contributed by atoms with Gasteiger partial charge in [-0.1, -0.05) is 23.4 Å². The number of nitro groups is 1. The van der Waals surface area contributed by atoms with E-state index in [0.29, 0.717) is 5.56 Å². The Labute approximate surface area is 107 Å². The maximum atomic E-state index is 11.5. The molecule has 7 heteroatoms. The summed E-state index contributed by atoms with van der Waals surface area (Å²) in [6.07, 6.45) is 1.08. The molecule has 0 spiro atoms. The molecule has 0 N–H and O–H groups in total. The lowest BCUT2D eigenvalue weighted by atomic mass is 10.2. The third-order valence-electron chi connectivity index (χ3n) is 2.12. The van der Waals surface area contributed by atoms with Gasteiger partial charge >= 0.3 is 11.9 Å². The number of rotatable bonds is 4. The van der Waals surface area contributed by atoms with Gasteiger partial charge in [-0.05, 0) is 18.2 Å². The molecule has 96 valence electrons. The molecule has 0 aliphatic carbocycles. The number of carbonyl (C=O) groups excluding carboxylic acids is 1. The third kappa shape index (κ3) is 3.25. The number of oxime groups is 1. The molecule has 1 heterocycles. The number of carbonyl (C=O) groups is 1. The second-order valence-electron chi connectivity index (χ2n) is 3.41. The molecular weight excluding hydrogens is 252 g/mol. The van der Waals surface area contributed by atoms with Gasteiger partial charge in [-0.2, -0.15) is 0 Å². The summed E-state index contributed by atoms with van der Waals surface area (Å²) in [6.45, 7) is 0. The van der Waals surface area contributed by atoms with Crippen molar-refractivity contribution in [2.45, 2.75) is 0 Å². The predicted molar refractivity (Wildman–Crippen MR) is 64.8 cm³/mol. The van der Waals surface area contributed by atoms with Gasteiger partial charge in [-0.3, -0.25) is 10.1 Å². The van der Waals surface area contributed by atoms with E-state index in [0.717, 1.165) is 6.21 Å². The molecule has 0 saturated heterocycles. The van der Waals surface area contributed by atoms with Crippen molar-refractivity contribution in [1.29, 1.82) is 0 Å². The first-order valence-corrected chi connectivity index (χ1v) is 5.21. The van der Waals surface area contributed by atoms with Gasteiger partial charge in [0.25, 0.3) is 0 Å². The lowest BCUT2D eigenvalue weighted by Gasteiger charge is -1.95. The highest BCUT2D eigenvalue weighted by molar-refractivity contribution is 5.89. The molecule has 0 amide bonds. The summed E-state index contributed by atoms with van der Waals surface area (Å²) in [5.41, 5.74) is 0.352. The van der Waals surface area contributed by atoms with Gasteiger partial charge in [-0.15, -0.1) is 0 Å². The second kappa shape index (κ2) is 5.58. The van der Waals surface area contributed by atoms with Crippen molar-refractivity contribution < 1.29 is 19.0 Å². The van der Waals surface area contributed by atoms with Crippen LogP contribution in [-0.4, -0.2) is 17.1 Å². The normalized spacial score (nSPS) is 10.5.